The van der Waals surface area contributed by atoms with Gasteiger partial charge in [-0.05, 0) is 33.5 Å². The molecule has 1 atom stereocenters. The number of rotatable bonds is 7. The van der Waals surface area contributed by atoms with Gasteiger partial charge in [0.15, 0.2) is 0 Å². The van der Waals surface area contributed by atoms with E-state index in [1.54, 1.807) is 0 Å². The molecular weight excluding hydrogens is 267 g/mol. The average molecular weight is 284 g/mol. The van der Waals surface area contributed by atoms with Gasteiger partial charge in [-0.1, -0.05) is 6.42 Å². The van der Waals surface area contributed by atoms with Gasteiger partial charge in [0, 0.05) is 22.6 Å². The largest absolute Gasteiger partial charge is 0.320 e. The highest BCUT2D eigenvalue weighted by Gasteiger charge is 2.11. The Kier molecular flexibility index (Phi) is 8.15. The van der Waals surface area contributed by atoms with Crippen molar-refractivity contribution in [2.75, 3.05) is 20.6 Å². The standard InChI is InChI=1S/C8H17IN2O/c1-10-6-4-3-5-7(11-2)8(9)12/h7,10-11H,3-6H2,1-2H3. The number of hydrogen-bond acceptors (Lipinski definition) is 3. The van der Waals surface area contributed by atoms with Crippen LogP contribution in [0.5, 0.6) is 0 Å². The lowest BCUT2D eigenvalue weighted by atomic mass is 10.1. The molecule has 0 heterocycles. The molecule has 4 heteroatoms. The van der Waals surface area contributed by atoms with Crippen LogP contribution in [0.15, 0.2) is 0 Å². The molecular formula is C8H17IN2O. The van der Waals surface area contributed by atoms with Crippen molar-refractivity contribution in [1.82, 2.24) is 10.6 Å². The van der Waals surface area contributed by atoms with E-state index in [9.17, 15) is 4.79 Å². The van der Waals surface area contributed by atoms with Gasteiger partial charge in [0.1, 0.15) is 0 Å². The molecule has 2 N–H and O–H groups in total. The molecule has 0 bridgehead atoms. The van der Waals surface area contributed by atoms with E-state index in [1.807, 2.05) is 36.7 Å². The zero-order valence-corrected chi connectivity index (χ0v) is 9.85. The van der Waals surface area contributed by atoms with Gasteiger partial charge in [-0.2, -0.15) is 0 Å². The minimum absolute atomic E-state index is 0.0439. The number of unbranched alkanes of at least 4 members (excludes halogenated alkanes) is 1. The van der Waals surface area contributed by atoms with Crippen molar-refractivity contribution in [3.63, 3.8) is 0 Å². The summed E-state index contributed by atoms with van der Waals surface area (Å²) in [6.07, 6.45) is 3.18. The fourth-order valence-electron chi connectivity index (χ4n) is 1.02. The number of carbonyl (C=O) groups is 1. The Labute approximate surface area is 87.8 Å². The summed E-state index contributed by atoms with van der Waals surface area (Å²) in [6, 6.07) is 0.0439. The van der Waals surface area contributed by atoms with Crippen molar-refractivity contribution < 1.29 is 4.79 Å². The number of halogens is 1. The second kappa shape index (κ2) is 7.94. The van der Waals surface area contributed by atoms with Crippen LogP contribution in [0.4, 0.5) is 0 Å². The predicted molar refractivity (Wildman–Crippen MR) is 59.7 cm³/mol. The summed E-state index contributed by atoms with van der Waals surface area (Å²) in [6.45, 7) is 1.03. The molecule has 0 radical (unpaired) electrons. The Morgan fingerprint density at radius 3 is 2.50 bits per heavy atom. The van der Waals surface area contributed by atoms with E-state index in [0.29, 0.717) is 0 Å². The molecule has 0 amide bonds. The van der Waals surface area contributed by atoms with E-state index in [2.05, 4.69) is 10.6 Å². The first kappa shape index (κ1) is 12.3. The molecule has 0 spiro atoms. The first-order valence-corrected chi connectivity index (χ1v) is 5.31. The van der Waals surface area contributed by atoms with E-state index >= 15 is 0 Å². The number of nitrogens with one attached hydrogen (secondary N) is 2. The number of carbonyl (C=O) groups excluding carboxylic acids is 1. The fraction of sp³-hybridized carbons (Fsp3) is 0.875. The molecule has 12 heavy (non-hydrogen) atoms. The van der Waals surface area contributed by atoms with Crippen LogP contribution >= 0.6 is 22.6 Å². The molecule has 0 aromatic carbocycles. The van der Waals surface area contributed by atoms with Gasteiger partial charge in [0.25, 0.3) is 0 Å². The number of hydrogen-bond donors (Lipinski definition) is 2. The Bertz CT molecular complexity index is 130. The van der Waals surface area contributed by atoms with Gasteiger partial charge in [-0.25, -0.2) is 0 Å². The molecule has 0 aromatic rings. The second-order valence-corrected chi connectivity index (χ2v) is 3.81. The third kappa shape index (κ3) is 5.91. The second-order valence-electron chi connectivity index (χ2n) is 2.74. The van der Waals surface area contributed by atoms with E-state index in [1.165, 1.54) is 0 Å². The summed E-state index contributed by atoms with van der Waals surface area (Å²) >= 11 is 1.85. The minimum atomic E-state index is 0.0439. The van der Waals surface area contributed by atoms with Crippen molar-refractivity contribution in [2.45, 2.75) is 25.3 Å². The summed E-state index contributed by atoms with van der Waals surface area (Å²) in [7, 11) is 3.78. The Morgan fingerprint density at radius 1 is 1.42 bits per heavy atom. The van der Waals surface area contributed by atoms with E-state index in [-0.39, 0.29) is 9.83 Å². The van der Waals surface area contributed by atoms with Gasteiger partial charge in [-0.3, -0.25) is 4.79 Å². The highest BCUT2D eigenvalue weighted by atomic mass is 127. The van der Waals surface area contributed by atoms with Crippen LogP contribution < -0.4 is 10.6 Å². The molecule has 0 saturated heterocycles. The zero-order valence-electron chi connectivity index (χ0n) is 7.69. The molecule has 3 nitrogen and oxygen atoms in total. The average Bonchev–Trinajstić information content (AvgIpc) is 2.04. The minimum Gasteiger partial charge on any atom is -0.320 e. The maximum absolute atomic E-state index is 10.9. The van der Waals surface area contributed by atoms with Crippen LogP contribution in [0.25, 0.3) is 0 Å². The van der Waals surface area contributed by atoms with Crippen molar-refractivity contribution in [2.24, 2.45) is 0 Å². The lowest BCUT2D eigenvalue weighted by Gasteiger charge is -2.10. The first-order valence-electron chi connectivity index (χ1n) is 4.23. The van der Waals surface area contributed by atoms with Gasteiger partial charge in [-0.15, -0.1) is 0 Å². The van der Waals surface area contributed by atoms with E-state index < -0.39 is 0 Å². The summed E-state index contributed by atoms with van der Waals surface area (Å²) in [4.78, 5) is 10.9. The predicted octanol–water partition coefficient (Wildman–Crippen LogP) is 0.926. The third-order valence-electron chi connectivity index (χ3n) is 1.79. The van der Waals surface area contributed by atoms with Gasteiger partial charge < -0.3 is 10.6 Å². The van der Waals surface area contributed by atoms with Gasteiger partial charge >= 0.3 is 0 Å². The van der Waals surface area contributed by atoms with Crippen molar-refractivity contribution >= 4 is 26.4 Å². The van der Waals surface area contributed by atoms with Crippen molar-refractivity contribution in [3.05, 3.63) is 0 Å². The van der Waals surface area contributed by atoms with Crippen LogP contribution in [0.1, 0.15) is 19.3 Å². The maximum atomic E-state index is 10.9. The summed E-state index contributed by atoms with van der Waals surface area (Å²) in [5, 5.41) is 6.08. The molecule has 0 aliphatic carbocycles. The Morgan fingerprint density at radius 2 is 2.08 bits per heavy atom. The molecule has 0 saturated carbocycles. The topological polar surface area (TPSA) is 41.1 Å². The molecule has 0 aromatic heterocycles. The molecule has 0 aliphatic heterocycles. The van der Waals surface area contributed by atoms with Crippen molar-refractivity contribution in [3.8, 4) is 0 Å². The van der Waals surface area contributed by atoms with Crippen LogP contribution in [-0.2, 0) is 4.79 Å². The van der Waals surface area contributed by atoms with Gasteiger partial charge in [0.2, 0.25) is 3.79 Å². The third-order valence-corrected chi connectivity index (χ3v) is 2.54. The molecule has 1 unspecified atom stereocenters. The smallest absolute Gasteiger partial charge is 0.209 e. The van der Waals surface area contributed by atoms with Gasteiger partial charge in [0.05, 0.1) is 6.04 Å². The zero-order chi connectivity index (χ0) is 9.40. The lowest BCUT2D eigenvalue weighted by molar-refractivity contribution is -0.111. The monoisotopic (exact) mass is 284 g/mol. The lowest BCUT2D eigenvalue weighted by Crippen LogP contribution is -2.30. The van der Waals surface area contributed by atoms with E-state index in [0.717, 1.165) is 25.8 Å². The number of likely N-dealkylation sites (N-methyl/N-ethyl adjacent to an activating group) is 1. The SMILES string of the molecule is CNCCCCC(NC)C(=O)I. The Balaban J connectivity index is 3.38. The van der Waals surface area contributed by atoms with Crippen LogP contribution in [-0.4, -0.2) is 30.5 Å². The summed E-state index contributed by atoms with van der Waals surface area (Å²) in [5.74, 6) is 0. The molecule has 0 aliphatic rings. The Hall–Kier alpha value is 0.320. The highest BCUT2D eigenvalue weighted by Crippen LogP contribution is 2.04. The van der Waals surface area contributed by atoms with Crippen molar-refractivity contribution in [1.29, 1.82) is 0 Å². The van der Waals surface area contributed by atoms with E-state index in [4.69, 9.17) is 0 Å². The van der Waals surface area contributed by atoms with Crippen LogP contribution in [0, 0.1) is 0 Å². The first-order chi connectivity index (χ1) is 5.72. The van der Waals surface area contributed by atoms with Crippen LogP contribution in [0.2, 0.25) is 0 Å². The molecule has 0 rings (SSSR count). The van der Waals surface area contributed by atoms with Crippen LogP contribution in [0.3, 0.4) is 0 Å². The fourth-order valence-corrected chi connectivity index (χ4v) is 1.64. The molecule has 0 fully saturated rings. The quantitative estimate of drug-likeness (QED) is 0.415. The summed E-state index contributed by atoms with van der Waals surface area (Å²) < 4.78 is 0.208. The summed E-state index contributed by atoms with van der Waals surface area (Å²) in [5.41, 5.74) is 0. The highest BCUT2D eigenvalue weighted by molar-refractivity contribution is 14.1. The molecule has 72 valence electrons. The maximum Gasteiger partial charge on any atom is 0.209 e. The normalized spacial score (nSPS) is 12.9.